The molecule has 0 aromatic heterocycles. The van der Waals surface area contributed by atoms with Gasteiger partial charge in [0.15, 0.2) is 0 Å². The fourth-order valence-corrected chi connectivity index (χ4v) is 4.73. The van der Waals surface area contributed by atoms with E-state index in [1.807, 2.05) is 48.5 Å². The highest BCUT2D eigenvalue weighted by Gasteiger charge is 2.39. The molecule has 0 aliphatic heterocycles. The number of benzene rings is 3. The summed E-state index contributed by atoms with van der Waals surface area (Å²) < 4.78 is 22.7. The van der Waals surface area contributed by atoms with Gasteiger partial charge in [0.2, 0.25) is 0 Å². The molecule has 0 bridgehead atoms. The summed E-state index contributed by atoms with van der Waals surface area (Å²) >= 11 is 0. The van der Waals surface area contributed by atoms with Crippen molar-refractivity contribution in [3.8, 4) is 11.5 Å². The lowest BCUT2D eigenvalue weighted by Crippen LogP contribution is -2.36. The highest BCUT2D eigenvalue weighted by molar-refractivity contribution is 5.68. The molecule has 1 unspecified atom stereocenters. The third-order valence-electron chi connectivity index (χ3n) is 6.86. The van der Waals surface area contributed by atoms with Crippen LogP contribution in [0.3, 0.4) is 0 Å². The fourth-order valence-electron chi connectivity index (χ4n) is 4.73. The van der Waals surface area contributed by atoms with Gasteiger partial charge in [-0.15, -0.1) is 6.58 Å². The number of carbonyl (C=O) groups is 1. The second kappa shape index (κ2) is 15.0. The van der Waals surface area contributed by atoms with E-state index in [0.29, 0.717) is 6.42 Å². The predicted molar refractivity (Wildman–Crippen MR) is 152 cm³/mol. The van der Waals surface area contributed by atoms with Gasteiger partial charge in [-0.1, -0.05) is 86.4 Å². The third kappa shape index (κ3) is 7.48. The van der Waals surface area contributed by atoms with Gasteiger partial charge in [0.25, 0.3) is 0 Å². The highest BCUT2D eigenvalue weighted by Crippen LogP contribution is 2.43. The zero-order valence-corrected chi connectivity index (χ0v) is 22.9. The van der Waals surface area contributed by atoms with Crippen LogP contribution in [-0.2, 0) is 19.9 Å². The lowest BCUT2D eigenvalue weighted by molar-refractivity contribution is -0.140. The molecule has 0 amide bonds. The summed E-state index contributed by atoms with van der Waals surface area (Å²) in [5.74, 6) is 1.44. The van der Waals surface area contributed by atoms with Crippen LogP contribution in [0.4, 0.5) is 0 Å². The second-order valence-electron chi connectivity index (χ2n) is 9.28. The van der Waals surface area contributed by atoms with Gasteiger partial charge in [-0.2, -0.15) is 0 Å². The number of unbranched alkanes of at least 4 members (excludes halogenated alkanes) is 4. The summed E-state index contributed by atoms with van der Waals surface area (Å²) in [6.45, 7) is 4.12. The minimum absolute atomic E-state index is 0.139. The maximum atomic E-state index is 11.3. The van der Waals surface area contributed by atoms with Gasteiger partial charge in [-0.05, 0) is 53.8 Å². The van der Waals surface area contributed by atoms with E-state index in [9.17, 15) is 4.79 Å². The van der Waals surface area contributed by atoms with Crippen LogP contribution in [0, 0.1) is 0 Å². The molecule has 0 fully saturated rings. The van der Waals surface area contributed by atoms with Gasteiger partial charge < -0.3 is 18.9 Å². The number of carbonyl (C=O) groups excluding carboxylic acids is 1. The number of rotatable bonds is 16. The van der Waals surface area contributed by atoms with E-state index >= 15 is 0 Å². The fraction of sp³-hybridized carbons (Fsp3) is 0.364. The van der Waals surface area contributed by atoms with Crippen molar-refractivity contribution in [2.24, 2.45) is 0 Å². The van der Waals surface area contributed by atoms with Gasteiger partial charge in [0, 0.05) is 6.42 Å². The van der Waals surface area contributed by atoms with E-state index in [0.717, 1.165) is 66.7 Å². The highest BCUT2D eigenvalue weighted by atomic mass is 16.5. The van der Waals surface area contributed by atoms with Crippen molar-refractivity contribution in [1.82, 2.24) is 0 Å². The molecule has 3 rings (SSSR count). The van der Waals surface area contributed by atoms with Crippen LogP contribution in [0.5, 0.6) is 11.5 Å². The van der Waals surface area contributed by atoms with Crippen LogP contribution in [-0.4, -0.2) is 33.4 Å². The SMILES string of the molecule is C=CC(CCCCCCCC(=O)OC)OC(c1ccccc1)(c1ccc(OC)cc1)c1ccc(OC)cc1. The molecule has 202 valence electrons. The Morgan fingerprint density at radius 1 is 0.737 bits per heavy atom. The van der Waals surface area contributed by atoms with E-state index < -0.39 is 5.60 Å². The zero-order valence-electron chi connectivity index (χ0n) is 22.9. The largest absolute Gasteiger partial charge is 0.497 e. The molecular formula is C33H40O5. The van der Waals surface area contributed by atoms with Crippen LogP contribution >= 0.6 is 0 Å². The Balaban J connectivity index is 1.89. The molecular weight excluding hydrogens is 476 g/mol. The van der Waals surface area contributed by atoms with Crippen molar-refractivity contribution in [3.05, 3.63) is 108 Å². The number of hydrogen-bond acceptors (Lipinski definition) is 5. The van der Waals surface area contributed by atoms with Crippen molar-refractivity contribution >= 4 is 5.97 Å². The number of hydrogen-bond donors (Lipinski definition) is 0. The molecule has 5 nitrogen and oxygen atoms in total. The Morgan fingerprint density at radius 3 is 1.74 bits per heavy atom. The quantitative estimate of drug-likeness (QED) is 0.0855. The zero-order chi connectivity index (χ0) is 27.2. The minimum atomic E-state index is -0.862. The molecule has 3 aromatic carbocycles. The normalized spacial score (nSPS) is 12.0. The van der Waals surface area contributed by atoms with Crippen LogP contribution in [0.25, 0.3) is 0 Å². The van der Waals surface area contributed by atoms with Crippen molar-refractivity contribution in [3.63, 3.8) is 0 Å². The summed E-state index contributed by atoms with van der Waals surface area (Å²) in [7, 11) is 4.77. The molecule has 0 heterocycles. The van der Waals surface area contributed by atoms with Gasteiger partial charge >= 0.3 is 5.97 Å². The van der Waals surface area contributed by atoms with Gasteiger partial charge in [0.1, 0.15) is 17.1 Å². The van der Waals surface area contributed by atoms with Crippen molar-refractivity contribution in [2.75, 3.05) is 21.3 Å². The Hall–Kier alpha value is -3.57. The number of ether oxygens (including phenoxy) is 4. The van der Waals surface area contributed by atoms with Crippen LogP contribution in [0.15, 0.2) is 91.5 Å². The predicted octanol–water partition coefficient (Wildman–Crippen LogP) is 7.47. The molecule has 5 heteroatoms. The van der Waals surface area contributed by atoms with E-state index in [1.54, 1.807) is 14.2 Å². The maximum absolute atomic E-state index is 11.3. The molecule has 38 heavy (non-hydrogen) atoms. The van der Waals surface area contributed by atoms with Gasteiger partial charge in [-0.3, -0.25) is 4.79 Å². The molecule has 0 N–H and O–H groups in total. The molecule has 0 saturated heterocycles. The second-order valence-corrected chi connectivity index (χ2v) is 9.28. The standard InChI is InChI=1S/C33H40O5/c1-5-29(16-12-7-6-8-13-17-32(34)37-4)38-33(26-14-10-9-11-15-26,27-18-22-30(35-2)23-19-27)28-20-24-31(36-3)25-21-28/h5,9-11,14-15,18-25,29H,1,6-8,12-13,16-17H2,2-4H3. The summed E-state index contributed by atoms with van der Waals surface area (Å²) in [6.07, 6.45) is 8.09. The summed E-state index contributed by atoms with van der Waals surface area (Å²) in [5.41, 5.74) is 2.18. The average molecular weight is 517 g/mol. The Kier molecular flexibility index (Phi) is 11.4. The van der Waals surface area contributed by atoms with Gasteiger partial charge in [0.05, 0.1) is 27.4 Å². The molecule has 0 aliphatic carbocycles. The summed E-state index contributed by atoms with van der Waals surface area (Å²) in [6, 6.07) is 26.5. The monoisotopic (exact) mass is 516 g/mol. The average Bonchev–Trinajstić information content (AvgIpc) is 2.98. The lowest BCUT2D eigenvalue weighted by atomic mass is 9.79. The van der Waals surface area contributed by atoms with E-state index in [2.05, 4.69) is 43.0 Å². The molecule has 0 radical (unpaired) electrons. The minimum Gasteiger partial charge on any atom is -0.497 e. The molecule has 1 atom stereocenters. The van der Waals surface area contributed by atoms with Gasteiger partial charge in [-0.25, -0.2) is 0 Å². The van der Waals surface area contributed by atoms with Crippen molar-refractivity contribution < 1.29 is 23.7 Å². The third-order valence-corrected chi connectivity index (χ3v) is 6.86. The summed E-state index contributed by atoms with van der Waals surface area (Å²) in [5, 5.41) is 0. The first-order valence-corrected chi connectivity index (χ1v) is 13.3. The van der Waals surface area contributed by atoms with E-state index in [1.165, 1.54) is 7.11 Å². The molecule has 3 aromatic rings. The van der Waals surface area contributed by atoms with Crippen molar-refractivity contribution in [2.45, 2.75) is 56.7 Å². The van der Waals surface area contributed by atoms with Crippen LogP contribution in [0.1, 0.15) is 61.6 Å². The van der Waals surface area contributed by atoms with Crippen molar-refractivity contribution in [1.29, 1.82) is 0 Å². The Labute approximate surface area is 227 Å². The molecule has 0 saturated carbocycles. The maximum Gasteiger partial charge on any atom is 0.305 e. The Morgan fingerprint density at radius 2 is 1.24 bits per heavy atom. The molecule has 0 aliphatic rings. The smallest absolute Gasteiger partial charge is 0.305 e. The van der Waals surface area contributed by atoms with Crippen LogP contribution in [0.2, 0.25) is 0 Å². The first-order chi connectivity index (χ1) is 18.6. The van der Waals surface area contributed by atoms with Crippen LogP contribution < -0.4 is 9.47 Å². The number of esters is 1. The van der Waals surface area contributed by atoms with E-state index in [4.69, 9.17) is 18.9 Å². The first kappa shape index (κ1) is 29.0. The van der Waals surface area contributed by atoms with E-state index in [-0.39, 0.29) is 12.1 Å². The topological polar surface area (TPSA) is 54.0 Å². The lowest BCUT2D eigenvalue weighted by Gasteiger charge is -2.38. The molecule has 0 spiro atoms. The Bertz CT molecular complexity index is 1060. The first-order valence-electron chi connectivity index (χ1n) is 13.3. The number of methoxy groups -OCH3 is 3. The summed E-state index contributed by atoms with van der Waals surface area (Å²) in [4.78, 5) is 11.3.